The summed E-state index contributed by atoms with van der Waals surface area (Å²) in [6, 6.07) is 6.33. The second-order valence-electron chi connectivity index (χ2n) is 4.06. The number of aliphatic hydroxyl groups excluding tert-OH is 1. The van der Waals surface area contributed by atoms with Crippen LogP contribution in [0.1, 0.15) is 23.1 Å². The number of aliphatic hydroxyl groups is 1. The highest BCUT2D eigenvalue weighted by Gasteiger charge is 2.15. The molecule has 0 aliphatic heterocycles. The summed E-state index contributed by atoms with van der Waals surface area (Å²) in [5.74, 6) is 0. The summed E-state index contributed by atoms with van der Waals surface area (Å²) >= 11 is 0. The van der Waals surface area contributed by atoms with Crippen LogP contribution in [0, 0.1) is 0 Å². The van der Waals surface area contributed by atoms with Crippen molar-refractivity contribution in [3.05, 3.63) is 34.9 Å². The van der Waals surface area contributed by atoms with Crippen LogP contribution in [0.25, 0.3) is 0 Å². The van der Waals surface area contributed by atoms with Gasteiger partial charge >= 0.3 is 0 Å². The Balaban J connectivity index is 2.22. The van der Waals surface area contributed by atoms with Crippen LogP contribution < -0.4 is 5.73 Å². The summed E-state index contributed by atoms with van der Waals surface area (Å²) in [6.07, 6.45) is 4.46. The predicted octanol–water partition coefficient (Wildman–Crippen LogP) is 1.04. The molecule has 1 aromatic rings. The molecule has 0 spiro atoms. The zero-order chi connectivity index (χ0) is 9.97. The lowest BCUT2D eigenvalue weighted by molar-refractivity contribution is 0.265. The minimum Gasteiger partial charge on any atom is -0.395 e. The molecule has 0 saturated heterocycles. The largest absolute Gasteiger partial charge is 0.395 e. The van der Waals surface area contributed by atoms with E-state index in [0.717, 1.165) is 6.42 Å². The van der Waals surface area contributed by atoms with Gasteiger partial charge in [0, 0.05) is 6.04 Å². The Hall–Kier alpha value is -0.860. The standard InChI is InChI=1S/C12H17NO/c13-11(8-14)7-10-5-1-3-9-4-2-6-12(9)10/h1,3,5,11,14H,2,4,6-8,13H2. The first-order chi connectivity index (χ1) is 6.81. The third-order valence-electron chi connectivity index (χ3n) is 2.96. The molecule has 1 aliphatic rings. The first-order valence-electron chi connectivity index (χ1n) is 5.27. The molecule has 2 heteroatoms. The van der Waals surface area contributed by atoms with Gasteiger partial charge in [-0.15, -0.1) is 0 Å². The van der Waals surface area contributed by atoms with Gasteiger partial charge in [-0.2, -0.15) is 0 Å². The topological polar surface area (TPSA) is 46.2 Å². The molecule has 0 bridgehead atoms. The van der Waals surface area contributed by atoms with Crippen molar-refractivity contribution in [1.29, 1.82) is 0 Å². The molecule has 1 atom stereocenters. The van der Waals surface area contributed by atoms with Gasteiger partial charge in [-0.1, -0.05) is 18.2 Å². The van der Waals surface area contributed by atoms with E-state index in [9.17, 15) is 0 Å². The molecule has 76 valence electrons. The first kappa shape index (κ1) is 9.69. The Morgan fingerprint density at radius 2 is 2.21 bits per heavy atom. The molecule has 1 aromatic carbocycles. The molecule has 0 radical (unpaired) electrons. The predicted molar refractivity (Wildman–Crippen MR) is 57.2 cm³/mol. The monoisotopic (exact) mass is 191 g/mol. The first-order valence-corrected chi connectivity index (χ1v) is 5.27. The summed E-state index contributed by atoms with van der Waals surface area (Å²) < 4.78 is 0. The van der Waals surface area contributed by atoms with E-state index in [4.69, 9.17) is 10.8 Å². The van der Waals surface area contributed by atoms with E-state index < -0.39 is 0 Å². The van der Waals surface area contributed by atoms with E-state index in [-0.39, 0.29) is 12.6 Å². The van der Waals surface area contributed by atoms with E-state index in [2.05, 4.69) is 18.2 Å². The van der Waals surface area contributed by atoms with Crippen LogP contribution >= 0.6 is 0 Å². The van der Waals surface area contributed by atoms with Gasteiger partial charge in [0.1, 0.15) is 0 Å². The minimum absolute atomic E-state index is 0.0731. The van der Waals surface area contributed by atoms with Crippen molar-refractivity contribution < 1.29 is 5.11 Å². The maximum atomic E-state index is 8.92. The molecular formula is C12H17NO. The fourth-order valence-corrected chi connectivity index (χ4v) is 2.24. The molecule has 1 unspecified atom stereocenters. The summed E-state index contributed by atoms with van der Waals surface area (Å²) in [6.45, 7) is 0.0731. The molecule has 0 aromatic heterocycles. The Bertz CT molecular complexity index is 322. The molecule has 0 saturated carbocycles. The van der Waals surface area contributed by atoms with Crippen LogP contribution in [0.4, 0.5) is 0 Å². The van der Waals surface area contributed by atoms with E-state index in [1.807, 2.05) is 0 Å². The van der Waals surface area contributed by atoms with Crippen LogP contribution in [0.15, 0.2) is 18.2 Å². The highest BCUT2D eigenvalue weighted by Crippen LogP contribution is 2.25. The molecule has 3 N–H and O–H groups in total. The summed E-state index contributed by atoms with van der Waals surface area (Å²) in [5.41, 5.74) is 10.0. The minimum atomic E-state index is -0.109. The average molecular weight is 191 g/mol. The third kappa shape index (κ3) is 1.81. The van der Waals surface area contributed by atoms with Crippen LogP contribution in [0.2, 0.25) is 0 Å². The van der Waals surface area contributed by atoms with Gasteiger partial charge < -0.3 is 10.8 Å². The fourth-order valence-electron chi connectivity index (χ4n) is 2.24. The van der Waals surface area contributed by atoms with Gasteiger partial charge in [-0.05, 0) is 42.4 Å². The number of benzene rings is 1. The van der Waals surface area contributed by atoms with E-state index in [0.29, 0.717) is 0 Å². The molecule has 0 fully saturated rings. The normalized spacial score (nSPS) is 16.7. The van der Waals surface area contributed by atoms with Crippen molar-refractivity contribution in [2.24, 2.45) is 5.73 Å². The molecule has 0 amide bonds. The molecule has 2 nitrogen and oxygen atoms in total. The SMILES string of the molecule is NC(CO)Cc1cccc2c1CCC2. The van der Waals surface area contributed by atoms with Gasteiger partial charge in [0.2, 0.25) is 0 Å². The highest BCUT2D eigenvalue weighted by molar-refractivity contribution is 5.38. The number of rotatable bonds is 3. The number of hydrogen-bond donors (Lipinski definition) is 2. The lowest BCUT2D eigenvalue weighted by Crippen LogP contribution is -2.27. The van der Waals surface area contributed by atoms with Crippen LogP contribution in [0.3, 0.4) is 0 Å². The molecule has 0 heterocycles. The van der Waals surface area contributed by atoms with Gasteiger partial charge in [-0.25, -0.2) is 0 Å². The van der Waals surface area contributed by atoms with Crippen LogP contribution in [0.5, 0.6) is 0 Å². The van der Waals surface area contributed by atoms with Crippen molar-refractivity contribution in [1.82, 2.24) is 0 Å². The summed E-state index contributed by atoms with van der Waals surface area (Å²) in [4.78, 5) is 0. The lowest BCUT2D eigenvalue weighted by Gasteiger charge is -2.12. The second kappa shape index (κ2) is 4.11. The summed E-state index contributed by atoms with van der Waals surface area (Å²) in [5, 5.41) is 8.92. The highest BCUT2D eigenvalue weighted by atomic mass is 16.3. The Labute approximate surface area is 84.7 Å². The quantitative estimate of drug-likeness (QED) is 0.749. The van der Waals surface area contributed by atoms with E-state index >= 15 is 0 Å². The van der Waals surface area contributed by atoms with Crippen molar-refractivity contribution in [2.45, 2.75) is 31.7 Å². The lowest BCUT2D eigenvalue weighted by atomic mass is 9.98. The maximum Gasteiger partial charge on any atom is 0.0585 e. The van der Waals surface area contributed by atoms with Crippen molar-refractivity contribution in [3.63, 3.8) is 0 Å². The molecule has 2 rings (SSSR count). The van der Waals surface area contributed by atoms with Crippen molar-refractivity contribution in [2.75, 3.05) is 6.61 Å². The smallest absolute Gasteiger partial charge is 0.0585 e. The average Bonchev–Trinajstić information content (AvgIpc) is 2.66. The van der Waals surface area contributed by atoms with Gasteiger partial charge in [0.05, 0.1) is 6.61 Å². The third-order valence-corrected chi connectivity index (χ3v) is 2.96. The number of aryl methyl sites for hydroxylation is 1. The Kier molecular flexibility index (Phi) is 2.85. The van der Waals surface area contributed by atoms with Crippen LogP contribution in [-0.2, 0) is 19.3 Å². The maximum absolute atomic E-state index is 8.92. The number of nitrogens with two attached hydrogens (primary N) is 1. The number of hydrogen-bond acceptors (Lipinski definition) is 2. The second-order valence-corrected chi connectivity index (χ2v) is 4.06. The Morgan fingerprint density at radius 1 is 1.36 bits per heavy atom. The fraction of sp³-hybridized carbons (Fsp3) is 0.500. The van der Waals surface area contributed by atoms with Crippen LogP contribution in [-0.4, -0.2) is 17.8 Å². The van der Waals surface area contributed by atoms with E-state index in [1.54, 1.807) is 0 Å². The van der Waals surface area contributed by atoms with Crippen molar-refractivity contribution in [3.8, 4) is 0 Å². The molecular weight excluding hydrogens is 174 g/mol. The molecule has 14 heavy (non-hydrogen) atoms. The summed E-state index contributed by atoms with van der Waals surface area (Å²) in [7, 11) is 0. The van der Waals surface area contributed by atoms with Crippen molar-refractivity contribution >= 4 is 0 Å². The Morgan fingerprint density at radius 3 is 3.00 bits per heavy atom. The molecule has 1 aliphatic carbocycles. The zero-order valence-electron chi connectivity index (χ0n) is 8.37. The zero-order valence-corrected chi connectivity index (χ0v) is 8.37. The van der Waals surface area contributed by atoms with Gasteiger partial charge in [-0.3, -0.25) is 0 Å². The van der Waals surface area contributed by atoms with Gasteiger partial charge in [0.25, 0.3) is 0 Å². The van der Waals surface area contributed by atoms with Gasteiger partial charge in [0.15, 0.2) is 0 Å². The van der Waals surface area contributed by atoms with E-state index in [1.165, 1.54) is 36.0 Å². The number of fused-ring (bicyclic) bond motifs is 1.